The van der Waals surface area contributed by atoms with Crippen molar-refractivity contribution in [2.24, 2.45) is 0 Å². The number of hydrogen-bond donors (Lipinski definition) is 0. The highest BCUT2D eigenvalue weighted by molar-refractivity contribution is 5.65. The van der Waals surface area contributed by atoms with Gasteiger partial charge < -0.3 is 4.74 Å². The van der Waals surface area contributed by atoms with Gasteiger partial charge in [0.15, 0.2) is 0 Å². The van der Waals surface area contributed by atoms with E-state index >= 15 is 0 Å². The predicted molar refractivity (Wildman–Crippen MR) is 130 cm³/mol. The van der Waals surface area contributed by atoms with Gasteiger partial charge in [-0.1, -0.05) is 42.0 Å². The van der Waals surface area contributed by atoms with Crippen molar-refractivity contribution in [3.8, 4) is 22.6 Å². The van der Waals surface area contributed by atoms with Crippen LogP contribution in [0.25, 0.3) is 16.8 Å². The maximum absolute atomic E-state index is 5.49. The molecule has 0 bridgehead atoms. The topological polar surface area (TPSA) is 56.1 Å². The summed E-state index contributed by atoms with van der Waals surface area (Å²) in [5.74, 6) is 1.21. The summed E-state index contributed by atoms with van der Waals surface area (Å²) < 4.78 is 7.39. The number of piperidine rings is 1. The van der Waals surface area contributed by atoms with Crippen molar-refractivity contribution in [3.63, 3.8) is 0 Å². The third-order valence-electron chi connectivity index (χ3n) is 6.37. The number of hydrogen-bond acceptors (Lipinski definition) is 5. The molecule has 0 radical (unpaired) electrons. The van der Waals surface area contributed by atoms with Crippen LogP contribution in [-0.2, 0) is 6.54 Å². The van der Waals surface area contributed by atoms with E-state index < -0.39 is 0 Å². The molecule has 2 aromatic heterocycles. The van der Waals surface area contributed by atoms with Crippen molar-refractivity contribution in [1.29, 1.82) is 0 Å². The second-order valence-corrected chi connectivity index (χ2v) is 8.73. The number of rotatable bonds is 6. The Bertz CT molecular complexity index is 1220. The molecule has 4 aromatic rings. The number of para-hydroxylation sites is 2. The number of methoxy groups -OCH3 is 1. The van der Waals surface area contributed by atoms with Crippen molar-refractivity contribution >= 4 is 0 Å². The molecule has 1 fully saturated rings. The molecule has 1 unspecified atom stereocenters. The highest BCUT2D eigenvalue weighted by Gasteiger charge is 2.25. The SMILES string of the molecule is COc1ccccc1-n1cc(CN2CCCC(c3ncncc3-c3ccc(C)cc3)C2)cn1. The Morgan fingerprint density at radius 2 is 1.91 bits per heavy atom. The lowest BCUT2D eigenvalue weighted by Gasteiger charge is -2.32. The molecule has 1 atom stereocenters. The molecule has 1 aliphatic heterocycles. The van der Waals surface area contributed by atoms with Crippen molar-refractivity contribution in [3.05, 3.63) is 90.3 Å². The molecular weight excluding hydrogens is 410 g/mol. The molecule has 0 saturated carbocycles. The molecule has 1 aliphatic rings. The van der Waals surface area contributed by atoms with Gasteiger partial charge in [0.1, 0.15) is 17.8 Å². The third-order valence-corrected chi connectivity index (χ3v) is 6.37. The van der Waals surface area contributed by atoms with Crippen LogP contribution in [0.3, 0.4) is 0 Å². The molecule has 6 nitrogen and oxygen atoms in total. The van der Waals surface area contributed by atoms with Crippen LogP contribution in [-0.4, -0.2) is 44.8 Å². The van der Waals surface area contributed by atoms with Gasteiger partial charge >= 0.3 is 0 Å². The minimum atomic E-state index is 0.391. The van der Waals surface area contributed by atoms with Crippen LogP contribution < -0.4 is 4.74 Å². The maximum atomic E-state index is 5.49. The number of benzene rings is 2. The molecule has 33 heavy (non-hydrogen) atoms. The van der Waals surface area contributed by atoms with Gasteiger partial charge in [0, 0.05) is 42.5 Å². The Balaban J connectivity index is 1.33. The molecule has 2 aromatic carbocycles. The first-order valence-corrected chi connectivity index (χ1v) is 11.5. The third kappa shape index (κ3) is 4.66. The minimum Gasteiger partial charge on any atom is -0.494 e. The number of aryl methyl sites for hydroxylation is 1. The zero-order valence-electron chi connectivity index (χ0n) is 19.2. The fraction of sp³-hybridized carbons (Fsp3) is 0.296. The van der Waals surface area contributed by atoms with Crippen LogP contribution in [0.5, 0.6) is 5.75 Å². The summed E-state index contributed by atoms with van der Waals surface area (Å²) in [5, 5.41) is 4.59. The van der Waals surface area contributed by atoms with E-state index in [9.17, 15) is 0 Å². The monoisotopic (exact) mass is 439 g/mol. The van der Waals surface area contributed by atoms with Crippen molar-refractivity contribution in [2.45, 2.75) is 32.2 Å². The number of likely N-dealkylation sites (tertiary alicyclic amines) is 1. The van der Waals surface area contributed by atoms with Crippen molar-refractivity contribution < 1.29 is 4.74 Å². The first kappa shape index (κ1) is 21.3. The lowest BCUT2D eigenvalue weighted by Crippen LogP contribution is -2.34. The number of aromatic nitrogens is 4. The zero-order chi connectivity index (χ0) is 22.6. The molecule has 168 valence electrons. The lowest BCUT2D eigenvalue weighted by atomic mass is 9.89. The second kappa shape index (κ2) is 9.55. The van der Waals surface area contributed by atoms with E-state index in [0.717, 1.165) is 55.2 Å². The number of ether oxygens (including phenoxy) is 1. The average Bonchev–Trinajstić information content (AvgIpc) is 3.33. The zero-order valence-corrected chi connectivity index (χ0v) is 19.2. The van der Waals surface area contributed by atoms with Gasteiger partial charge in [-0.3, -0.25) is 4.90 Å². The summed E-state index contributed by atoms with van der Waals surface area (Å²) >= 11 is 0. The van der Waals surface area contributed by atoms with E-state index in [1.807, 2.05) is 41.3 Å². The van der Waals surface area contributed by atoms with Crippen molar-refractivity contribution in [1.82, 2.24) is 24.6 Å². The molecule has 0 spiro atoms. The summed E-state index contributed by atoms with van der Waals surface area (Å²) in [6, 6.07) is 16.6. The first-order chi connectivity index (χ1) is 16.2. The number of nitrogens with zero attached hydrogens (tertiary/aromatic N) is 5. The Kier molecular flexibility index (Phi) is 6.17. The molecule has 0 aliphatic carbocycles. The standard InChI is InChI=1S/C27H29N5O/c1-20-9-11-22(12-10-20)24-15-28-19-29-27(24)23-6-5-13-31(18-23)16-21-14-30-32(17-21)25-7-3-4-8-26(25)33-2/h3-4,7-12,14-15,17,19,23H,5-6,13,16,18H2,1-2H3. The highest BCUT2D eigenvalue weighted by atomic mass is 16.5. The highest BCUT2D eigenvalue weighted by Crippen LogP contribution is 2.33. The normalized spacial score (nSPS) is 16.6. The molecular formula is C27H29N5O. The summed E-state index contributed by atoms with van der Waals surface area (Å²) in [6.07, 6.45) is 10.0. The lowest BCUT2D eigenvalue weighted by molar-refractivity contribution is 0.198. The molecule has 1 saturated heterocycles. The maximum Gasteiger partial charge on any atom is 0.144 e. The minimum absolute atomic E-state index is 0.391. The van der Waals surface area contributed by atoms with Crippen LogP contribution in [0, 0.1) is 6.92 Å². The quantitative estimate of drug-likeness (QED) is 0.422. The molecule has 0 N–H and O–H groups in total. The Morgan fingerprint density at radius 1 is 1.06 bits per heavy atom. The van der Waals surface area contributed by atoms with Crippen LogP contribution in [0.4, 0.5) is 0 Å². The molecule has 6 heteroatoms. The predicted octanol–water partition coefficient (Wildman–Crippen LogP) is 5.03. The Labute approximate surface area is 194 Å². The van der Waals surface area contributed by atoms with Gasteiger partial charge in [0.25, 0.3) is 0 Å². The van der Waals surface area contributed by atoms with Crippen LogP contribution in [0.15, 0.2) is 73.4 Å². The average molecular weight is 440 g/mol. The van der Waals surface area contributed by atoms with E-state index in [1.165, 1.54) is 16.7 Å². The van der Waals surface area contributed by atoms with E-state index in [0.29, 0.717) is 5.92 Å². The van der Waals surface area contributed by atoms with Gasteiger partial charge in [-0.25, -0.2) is 14.6 Å². The summed E-state index contributed by atoms with van der Waals surface area (Å²) in [5.41, 5.74) is 6.90. The van der Waals surface area contributed by atoms with Crippen LogP contribution >= 0.6 is 0 Å². The van der Waals surface area contributed by atoms with Crippen LogP contribution in [0.2, 0.25) is 0 Å². The van der Waals surface area contributed by atoms with Gasteiger partial charge in [-0.2, -0.15) is 5.10 Å². The Morgan fingerprint density at radius 3 is 2.76 bits per heavy atom. The molecule has 5 rings (SSSR count). The Hall–Kier alpha value is -3.51. The summed E-state index contributed by atoms with van der Waals surface area (Å²) in [7, 11) is 1.69. The van der Waals surface area contributed by atoms with E-state index in [-0.39, 0.29) is 0 Å². The smallest absolute Gasteiger partial charge is 0.144 e. The second-order valence-electron chi connectivity index (χ2n) is 8.73. The summed E-state index contributed by atoms with van der Waals surface area (Å²) in [6.45, 7) is 5.05. The van der Waals surface area contributed by atoms with Crippen molar-refractivity contribution in [2.75, 3.05) is 20.2 Å². The van der Waals surface area contributed by atoms with Gasteiger partial charge in [0.2, 0.25) is 0 Å². The van der Waals surface area contributed by atoms with E-state index in [1.54, 1.807) is 13.4 Å². The molecule has 3 heterocycles. The molecule has 0 amide bonds. The first-order valence-electron chi connectivity index (χ1n) is 11.5. The largest absolute Gasteiger partial charge is 0.494 e. The van der Waals surface area contributed by atoms with E-state index in [2.05, 4.69) is 52.4 Å². The summed E-state index contributed by atoms with van der Waals surface area (Å²) in [4.78, 5) is 11.6. The van der Waals surface area contributed by atoms with Gasteiger partial charge in [-0.05, 0) is 44.0 Å². The fourth-order valence-electron chi connectivity index (χ4n) is 4.69. The fourth-order valence-corrected chi connectivity index (χ4v) is 4.69. The van der Waals surface area contributed by atoms with E-state index in [4.69, 9.17) is 9.72 Å². The van der Waals surface area contributed by atoms with Gasteiger partial charge in [-0.15, -0.1) is 0 Å². The van der Waals surface area contributed by atoms with Gasteiger partial charge in [0.05, 0.1) is 19.0 Å². The van der Waals surface area contributed by atoms with Crippen LogP contribution in [0.1, 0.15) is 35.6 Å².